The molecule has 0 aromatic carbocycles. The summed E-state index contributed by atoms with van der Waals surface area (Å²) >= 11 is 0. The van der Waals surface area contributed by atoms with Crippen molar-refractivity contribution < 1.29 is 0 Å². The minimum atomic E-state index is 0.628. The number of hydrogen-bond acceptors (Lipinski definition) is 3. The van der Waals surface area contributed by atoms with E-state index in [0.717, 1.165) is 54.8 Å². The van der Waals surface area contributed by atoms with E-state index in [1.165, 1.54) is 10.8 Å². The minimum Gasteiger partial charge on any atom is -0.346 e. The molecule has 5 heteroatoms. The van der Waals surface area contributed by atoms with Crippen molar-refractivity contribution in [2.75, 3.05) is 13.1 Å². The van der Waals surface area contributed by atoms with Gasteiger partial charge in [-0.05, 0) is 30.9 Å². The first-order chi connectivity index (χ1) is 14.3. The van der Waals surface area contributed by atoms with Gasteiger partial charge in [-0.3, -0.25) is 15.4 Å². The molecule has 29 heavy (non-hydrogen) atoms. The lowest BCUT2D eigenvalue weighted by atomic mass is 10.0. The van der Waals surface area contributed by atoms with Gasteiger partial charge in [0.15, 0.2) is 0 Å². The maximum absolute atomic E-state index is 4.61. The van der Waals surface area contributed by atoms with Crippen LogP contribution in [0.3, 0.4) is 0 Å². The van der Waals surface area contributed by atoms with Gasteiger partial charge in [0.2, 0.25) is 0 Å². The normalized spacial score (nSPS) is 16.8. The molecule has 0 fully saturated rings. The van der Waals surface area contributed by atoms with Gasteiger partial charge in [-0.25, -0.2) is 0 Å². The third-order valence-electron chi connectivity index (χ3n) is 4.34. The molecule has 0 atom stereocenters. The van der Waals surface area contributed by atoms with Gasteiger partial charge in [0, 0.05) is 36.5 Å². The van der Waals surface area contributed by atoms with E-state index in [0.29, 0.717) is 6.54 Å². The van der Waals surface area contributed by atoms with Crippen LogP contribution < -0.4 is 16.1 Å². The molecule has 0 radical (unpaired) electrons. The summed E-state index contributed by atoms with van der Waals surface area (Å²) in [5.74, 6) is 0.939. The number of nitrogens with zero attached hydrogens (tertiary/aromatic N) is 3. The fourth-order valence-electron chi connectivity index (χ4n) is 2.93. The van der Waals surface area contributed by atoms with Crippen LogP contribution in [0.4, 0.5) is 0 Å². The SMILES string of the molecule is C=C/C(=C\C=C/C)CN=C1CCC(Cc2c[nH]c3c2=CCCN=3)=NN1.CC.CC. The van der Waals surface area contributed by atoms with Crippen molar-refractivity contribution in [2.24, 2.45) is 15.1 Å². The maximum atomic E-state index is 4.61. The molecule has 0 unspecified atom stereocenters. The molecule has 0 aliphatic carbocycles. The summed E-state index contributed by atoms with van der Waals surface area (Å²) in [4.78, 5) is 12.4. The summed E-state index contributed by atoms with van der Waals surface area (Å²) in [7, 11) is 0. The lowest BCUT2D eigenvalue weighted by Crippen LogP contribution is -2.31. The van der Waals surface area contributed by atoms with E-state index in [-0.39, 0.29) is 0 Å². The van der Waals surface area contributed by atoms with Gasteiger partial charge in [-0.2, -0.15) is 5.10 Å². The minimum absolute atomic E-state index is 0.628. The Hall–Kier alpha value is -2.69. The second kappa shape index (κ2) is 14.3. The van der Waals surface area contributed by atoms with Crippen molar-refractivity contribution in [3.63, 3.8) is 0 Å². The van der Waals surface area contributed by atoms with Crippen LogP contribution in [0.5, 0.6) is 0 Å². The van der Waals surface area contributed by atoms with E-state index in [2.05, 4.69) is 44.3 Å². The van der Waals surface area contributed by atoms with Gasteiger partial charge in [-0.1, -0.05) is 64.7 Å². The van der Waals surface area contributed by atoms with Crippen molar-refractivity contribution in [2.45, 2.75) is 60.3 Å². The molecule has 2 aliphatic rings. The summed E-state index contributed by atoms with van der Waals surface area (Å²) in [6, 6.07) is 0. The molecule has 1 aromatic heterocycles. The number of H-pyrrole nitrogens is 1. The highest BCUT2D eigenvalue weighted by Gasteiger charge is 2.13. The lowest BCUT2D eigenvalue weighted by molar-refractivity contribution is 0.872. The van der Waals surface area contributed by atoms with Crippen molar-refractivity contribution in [1.29, 1.82) is 0 Å². The quantitative estimate of drug-likeness (QED) is 0.695. The molecule has 0 amide bonds. The molecule has 3 heterocycles. The summed E-state index contributed by atoms with van der Waals surface area (Å²) in [6.07, 6.45) is 15.9. The van der Waals surface area contributed by atoms with E-state index in [9.17, 15) is 0 Å². The molecule has 158 valence electrons. The molecule has 0 spiro atoms. The van der Waals surface area contributed by atoms with Crippen molar-refractivity contribution in [3.05, 3.63) is 58.9 Å². The number of fused-ring (bicyclic) bond motifs is 1. The zero-order valence-electron chi connectivity index (χ0n) is 18.8. The third-order valence-corrected chi connectivity index (χ3v) is 4.34. The Bertz CT molecular complexity index is 866. The molecule has 5 nitrogen and oxygen atoms in total. The van der Waals surface area contributed by atoms with Crippen LogP contribution in [-0.2, 0) is 6.42 Å². The average Bonchev–Trinajstić information content (AvgIpc) is 3.20. The highest BCUT2D eigenvalue weighted by atomic mass is 15.3. The Morgan fingerprint density at radius 1 is 1.24 bits per heavy atom. The number of hydrogen-bond donors (Lipinski definition) is 2. The average molecular weight is 396 g/mol. The van der Waals surface area contributed by atoms with Gasteiger partial charge < -0.3 is 4.98 Å². The highest BCUT2D eigenvalue weighted by Crippen LogP contribution is 2.07. The second-order valence-electron chi connectivity index (χ2n) is 6.15. The fourth-order valence-corrected chi connectivity index (χ4v) is 2.93. The Kier molecular flexibility index (Phi) is 12.0. The Balaban J connectivity index is 0.000000989. The number of aromatic nitrogens is 1. The van der Waals surface area contributed by atoms with Crippen LogP contribution in [0.2, 0.25) is 0 Å². The number of hydrazone groups is 1. The predicted octanol–water partition coefficient (Wildman–Crippen LogP) is 4.24. The van der Waals surface area contributed by atoms with Gasteiger partial charge in [0.25, 0.3) is 0 Å². The van der Waals surface area contributed by atoms with Crippen molar-refractivity contribution in [3.8, 4) is 0 Å². The molecule has 0 saturated heterocycles. The molecular weight excluding hydrogens is 358 g/mol. The summed E-state index contributed by atoms with van der Waals surface area (Å²) < 4.78 is 0. The van der Waals surface area contributed by atoms with Gasteiger partial charge in [-0.15, -0.1) is 0 Å². The van der Waals surface area contributed by atoms with Crippen LogP contribution in [0.25, 0.3) is 6.08 Å². The van der Waals surface area contributed by atoms with Gasteiger partial charge >= 0.3 is 0 Å². The molecule has 2 N–H and O–H groups in total. The number of amidine groups is 1. The first kappa shape index (κ1) is 24.3. The number of aliphatic imine (C=N–C) groups is 1. The first-order valence-electron chi connectivity index (χ1n) is 10.8. The molecule has 1 aromatic rings. The standard InChI is InChI=1S/C20H25N5.2C2H6/c1-3-5-7-15(4-2)13-22-19-10-9-17(24-25-19)12-16-14-23-20-18(16)8-6-11-21-20;2*1-2/h3-5,7-8,14H,2,6,9-13H2,1H3,(H,21,23)(H,22,25);2*1-2H3/b5-3-,15-7+;;. The van der Waals surface area contributed by atoms with Crippen LogP contribution in [0.1, 0.15) is 59.4 Å². The smallest absolute Gasteiger partial charge is 0.132 e. The van der Waals surface area contributed by atoms with Crippen LogP contribution in [0.15, 0.2) is 57.7 Å². The van der Waals surface area contributed by atoms with E-state index >= 15 is 0 Å². The number of nitrogens with one attached hydrogen (secondary N) is 2. The third kappa shape index (κ3) is 7.68. The summed E-state index contributed by atoms with van der Waals surface area (Å²) in [5.41, 5.74) is 7.66. The maximum Gasteiger partial charge on any atom is 0.132 e. The number of rotatable bonds is 6. The molecule has 0 saturated carbocycles. The van der Waals surface area contributed by atoms with E-state index in [1.807, 2.05) is 58.9 Å². The first-order valence-corrected chi connectivity index (χ1v) is 10.8. The van der Waals surface area contributed by atoms with E-state index in [1.54, 1.807) is 0 Å². The summed E-state index contributed by atoms with van der Waals surface area (Å²) in [6.45, 7) is 15.3. The Morgan fingerprint density at radius 3 is 2.69 bits per heavy atom. The Morgan fingerprint density at radius 2 is 2.03 bits per heavy atom. The van der Waals surface area contributed by atoms with Gasteiger partial charge in [0.1, 0.15) is 11.3 Å². The monoisotopic (exact) mass is 395 g/mol. The number of allylic oxidation sites excluding steroid dienone is 3. The number of aromatic amines is 1. The molecule has 2 aliphatic heterocycles. The van der Waals surface area contributed by atoms with E-state index < -0.39 is 0 Å². The highest BCUT2D eigenvalue weighted by molar-refractivity contribution is 5.95. The molecule has 3 rings (SSSR count). The van der Waals surface area contributed by atoms with E-state index in [4.69, 9.17) is 0 Å². The largest absolute Gasteiger partial charge is 0.346 e. The zero-order chi connectivity index (χ0) is 21.5. The predicted molar refractivity (Wildman–Crippen MR) is 127 cm³/mol. The zero-order valence-corrected chi connectivity index (χ0v) is 18.8. The molecule has 0 bridgehead atoms. The van der Waals surface area contributed by atoms with Crippen molar-refractivity contribution in [1.82, 2.24) is 10.4 Å². The topological polar surface area (TPSA) is 64.9 Å². The fraction of sp³-hybridized carbons (Fsp3) is 0.458. The summed E-state index contributed by atoms with van der Waals surface area (Å²) in [5, 5.41) is 5.77. The van der Waals surface area contributed by atoms with Crippen LogP contribution in [0, 0.1) is 0 Å². The van der Waals surface area contributed by atoms with Gasteiger partial charge in [0.05, 0.1) is 6.54 Å². The lowest BCUT2D eigenvalue weighted by Gasteiger charge is -2.15. The molecular formula is C24H37N5. The Labute approximate surface area is 175 Å². The second-order valence-corrected chi connectivity index (χ2v) is 6.15. The van der Waals surface area contributed by atoms with Crippen LogP contribution in [-0.4, -0.2) is 29.6 Å². The van der Waals surface area contributed by atoms with Crippen LogP contribution >= 0.6 is 0 Å². The van der Waals surface area contributed by atoms with Crippen molar-refractivity contribution >= 4 is 17.6 Å².